The minimum atomic E-state index is -1.77. The van der Waals surface area contributed by atoms with E-state index in [0.29, 0.717) is 0 Å². The number of aryl methyl sites for hydroxylation is 1. The number of nitrogens with zero attached hydrogens (tertiary/aromatic N) is 4. The van der Waals surface area contributed by atoms with E-state index >= 15 is 0 Å². The van der Waals surface area contributed by atoms with Crippen molar-refractivity contribution in [2.24, 2.45) is 4.99 Å². The molecular weight excluding hydrogens is 517 g/mol. The molecule has 0 aromatic carbocycles. The molecule has 1 aromatic rings. The van der Waals surface area contributed by atoms with Gasteiger partial charge in [0.15, 0.2) is 12.2 Å². The molecule has 3 heterocycles. The van der Waals surface area contributed by atoms with Gasteiger partial charge in [0.05, 0.1) is 32.2 Å². The van der Waals surface area contributed by atoms with Gasteiger partial charge in [-0.3, -0.25) is 19.1 Å². The fraction of sp³-hybridized carbons (Fsp3) is 0.696. The number of nitriles is 1. The number of hydrogen-bond acceptors (Lipinski definition) is 9. The number of guanidine groups is 1. The zero-order valence-electron chi connectivity index (χ0n) is 22.4. The number of carbonyl (C=O) groups excluding carboxylic acids is 1. The van der Waals surface area contributed by atoms with E-state index in [-0.39, 0.29) is 43.2 Å². The Labute approximate surface area is 221 Å². The smallest absolute Gasteiger partial charge is 0.330 e. The van der Waals surface area contributed by atoms with Crippen LogP contribution in [0.25, 0.3) is 0 Å². The van der Waals surface area contributed by atoms with E-state index in [1.165, 1.54) is 17.7 Å². The molecule has 5 unspecified atom stereocenters. The Kier molecular flexibility index (Phi) is 9.80. The van der Waals surface area contributed by atoms with Gasteiger partial charge in [-0.15, -0.1) is 0 Å². The summed E-state index contributed by atoms with van der Waals surface area (Å²) in [6.45, 7) is 10.4. The SMILES string of the molecule is CC(=O)/N=C1/NCC2(CO)OC(n3cc(C)c(=O)[nH]c3=O)C(N1)C2OP(OCCC#N)N(C(C)C)C(C)C. The fourth-order valence-electron chi connectivity index (χ4n) is 4.56. The van der Waals surface area contributed by atoms with Gasteiger partial charge in [0.25, 0.3) is 14.1 Å². The highest BCUT2D eigenvalue weighted by Crippen LogP contribution is 2.52. The molecule has 3 rings (SSSR count). The molecule has 2 fully saturated rings. The number of nitrogens with one attached hydrogen (secondary N) is 3. The standard InChI is InChI=1S/C23H36N7O7P/c1-13(2)30(14(3)4)38(35-9-7-8-24)37-18-17-20(29-10-15(5)19(33)28-22(29)34)36-23(18,12-31)11-25-21(27-17)26-16(6)32/h10,13-14,17-18,20,31H,7,9,11-12H2,1-6H3,(H,28,33,34)(H2,25,26,27,32). The molecule has 1 aromatic heterocycles. The quantitative estimate of drug-likeness (QED) is 0.230. The van der Waals surface area contributed by atoms with Crippen LogP contribution in [0.15, 0.2) is 20.8 Å². The minimum Gasteiger partial charge on any atom is -0.393 e. The summed E-state index contributed by atoms with van der Waals surface area (Å²) in [4.78, 5) is 42.9. The third kappa shape index (κ3) is 6.31. The van der Waals surface area contributed by atoms with Gasteiger partial charge < -0.3 is 29.5 Å². The van der Waals surface area contributed by atoms with Crippen LogP contribution in [0.4, 0.5) is 0 Å². The molecule has 2 aliphatic heterocycles. The largest absolute Gasteiger partial charge is 0.393 e. The van der Waals surface area contributed by atoms with Crippen molar-refractivity contribution in [2.45, 2.75) is 84.0 Å². The first-order valence-electron chi connectivity index (χ1n) is 12.4. The zero-order chi connectivity index (χ0) is 28.2. The number of hydrogen-bond donors (Lipinski definition) is 4. The maximum Gasteiger partial charge on any atom is 0.330 e. The summed E-state index contributed by atoms with van der Waals surface area (Å²) in [6.07, 6.45) is -0.414. The molecule has 2 aliphatic rings. The summed E-state index contributed by atoms with van der Waals surface area (Å²) in [5, 5.41) is 25.8. The first-order chi connectivity index (χ1) is 17.9. The molecule has 4 N–H and O–H groups in total. The van der Waals surface area contributed by atoms with Gasteiger partial charge in [-0.05, 0) is 34.6 Å². The Hall–Kier alpha value is -2.66. The lowest BCUT2D eigenvalue weighted by atomic mass is 9.95. The summed E-state index contributed by atoms with van der Waals surface area (Å²) >= 11 is 0. The molecule has 0 saturated carbocycles. The van der Waals surface area contributed by atoms with Crippen molar-refractivity contribution in [3.8, 4) is 6.07 Å². The molecule has 0 spiro atoms. The highest BCUT2D eigenvalue weighted by molar-refractivity contribution is 7.44. The monoisotopic (exact) mass is 553 g/mol. The number of aromatic amines is 1. The lowest BCUT2D eigenvalue weighted by molar-refractivity contribution is -0.122. The summed E-state index contributed by atoms with van der Waals surface area (Å²) in [5.41, 5.74) is -2.34. The van der Waals surface area contributed by atoms with Gasteiger partial charge in [-0.1, -0.05) is 0 Å². The van der Waals surface area contributed by atoms with Crippen molar-refractivity contribution in [2.75, 3.05) is 19.8 Å². The number of ether oxygens (including phenoxy) is 1. The number of aliphatic hydroxyl groups excluding tert-OH is 1. The number of carbonyl (C=O) groups is 1. The fourth-order valence-corrected chi connectivity index (χ4v) is 6.38. The summed E-state index contributed by atoms with van der Waals surface area (Å²) in [7, 11) is -1.77. The highest BCUT2D eigenvalue weighted by Gasteiger charge is 2.60. The number of aliphatic hydroxyl groups is 1. The molecule has 0 radical (unpaired) electrons. The van der Waals surface area contributed by atoms with Crippen LogP contribution in [0.1, 0.15) is 52.8 Å². The minimum absolute atomic E-state index is 0.0118. The Bertz CT molecular complexity index is 1190. The van der Waals surface area contributed by atoms with E-state index in [1.807, 2.05) is 32.4 Å². The maximum absolute atomic E-state index is 12.8. The Morgan fingerprint density at radius 2 is 2.08 bits per heavy atom. The van der Waals surface area contributed by atoms with Crippen molar-refractivity contribution < 1.29 is 23.7 Å². The second kappa shape index (κ2) is 12.5. The Morgan fingerprint density at radius 1 is 1.39 bits per heavy atom. The van der Waals surface area contributed by atoms with E-state index in [9.17, 15) is 19.5 Å². The Balaban J connectivity index is 2.12. The molecule has 5 atom stereocenters. The van der Waals surface area contributed by atoms with Crippen LogP contribution < -0.4 is 21.9 Å². The average Bonchev–Trinajstić information content (AvgIpc) is 3.03. The van der Waals surface area contributed by atoms with E-state index in [0.717, 1.165) is 0 Å². The summed E-state index contributed by atoms with van der Waals surface area (Å²) in [5.74, 6) is -0.330. The second-order valence-electron chi connectivity index (χ2n) is 9.79. The third-order valence-electron chi connectivity index (χ3n) is 6.19. The lowest BCUT2D eigenvalue weighted by Crippen LogP contribution is -2.53. The first kappa shape index (κ1) is 29.9. The number of aliphatic imine (C=N–C) groups is 1. The summed E-state index contributed by atoms with van der Waals surface area (Å²) < 4.78 is 22.3. The lowest BCUT2D eigenvalue weighted by Gasteiger charge is -2.40. The van der Waals surface area contributed by atoms with Gasteiger partial charge in [0, 0.05) is 30.8 Å². The van der Waals surface area contributed by atoms with Crippen LogP contribution in [0.2, 0.25) is 0 Å². The van der Waals surface area contributed by atoms with E-state index in [4.69, 9.17) is 19.0 Å². The van der Waals surface area contributed by atoms with Crippen molar-refractivity contribution in [3.63, 3.8) is 0 Å². The number of aromatic nitrogens is 2. The van der Waals surface area contributed by atoms with Gasteiger partial charge in [-0.25, -0.2) is 9.46 Å². The average molecular weight is 554 g/mol. The van der Waals surface area contributed by atoms with E-state index in [1.54, 1.807) is 6.92 Å². The maximum atomic E-state index is 12.8. The van der Waals surface area contributed by atoms with Crippen LogP contribution >= 0.6 is 8.53 Å². The van der Waals surface area contributed by atoms with Gasteiger partial charge in [-0.2, -0.15) is 10.3 Å². The number of H-pyrrole nitrogens is 1. The predicted molar refractivity (Wildman–Crippen MR) is 139 cm³/mol. The molecule has 2 saturated heterocycles. The Morgan fingerprint density at radius 3 is 2.66 bits per heavy atom. The van der Waals surface area contributed by atoms with E-state index < -0.39 is 56.3 Å². The predicted octanol–water partition coefficient (Wildman–Crippen LogP) is 0.230. The normalized spacial score (nSPS) is 26.8. The van der Waals surface area contributed by atoms with Crippen LogP contribution in [-0.4, -0.2) is 80.8 Å². The van der Waals surface area contributed by atoms with Gasteiger partial charge in [0.1, 0.15) is 17.7 Å². The molecule has 210 valence electrons. The van der Waals surface area contributed by atoms with Crippen molar-refractivity contribution >= 4 is 20.4 Å². The third-order valence-corrected chi connectivity index (χ3v) is 8.30. The molecule has 1 amide bonds. The number of rotatable bonds is 10. The second-order valence-corrected chi connectivity index (χ2v) is 11.2. The van der Waals surface area contributed by atoms with Crippen molar-refractivity contribution in [1.82, 2.24) is 24.9 Å². The molecule has 14 nitrogen and oxygen atoms in total. The molecule has 0 aliphatic carbocycles. The van der Waals surface area contributed by atoms with E-state index in [2.05, 4.69) is 26.7 Å². The van der Waals surface area contributed by atoms with Crippen LogP contribution in [0.5, 0.6) is 0 Å². The highest BCUT2D eigenvalue weighted by atomic mass is 31.2. The van der Waals surface area contributed by atoms with Gasteiger partial charge >= 0.3 is 5.69 Å². The zero-order valence-corrected chi connectivity index (χ0v) is 23.3. The molecule has 38 heavy (non-hydrogen) atoms. The first-order valence-corrected chi connectivity index (χ1v) is 13.5. The van der Waals surface area contributed by atoms with Crippen molar-refractivity contribution in [1.29, 1.82) is 5.26 Å². The van der Waals surface area contributed by atoms with Gasteiger partial charge in [0.2, 0.25) is 5.91 Å². The summed E-state index contributed by atoms with van der Waals surface area (Å²) in [6, 6.07) is 1.24. The van der Waals surface area contributed by atoms with Crippen molar-refractivity contribution in [3.05, 3.63) is 32.6 Å². The topological polar surface area (TPSA) is 183 Å². The van der Waals surface area contributed by atoms with Crippen LogP contribution in [0.3, 0.4) is 0 Å². The molecule has 15 heteroatoms. The number of fused-ring (bicyclic) bond motifs is 2. The van der Waals surface area contributed by atoms with Crippen LogP contribution in [-0.2, 0) is 18.6 Å². The molecular formula is C23H36N7O7P. The number of amides is 1. The van der Waals surface area contributed by atoms with Crippen LogP contribution in [0, 0.1) is 18.3 Å². The molecule has 2 bridgehead atoms.